The Bertz CT molecular complexity index is 437. The average Bonchev–Trinajstić information content (AvgIpc) is 2.36. The maximum absolute atomic E-state index is 8.71. The molecule has 102 valence electrons. The van der Waals surface area contributed by atoms with Crippen LogP contribution in [-0.4, -0.2) is 12.5 Å². The van der Waals surface area contributed by atoms with Crippen molar-refractivity contribution in [3.05, 3.63) is 35.9 Å². The van der Waals surface area contributed by atoms with Gasteiger partial charge in [-0.05, 0) is 17.4 Å². The molecule has 0 heterocycles. The van der Waals surface area contributed by atoms with Gasteiger partial charge in [0.25, 0.3) is 0 Å². The van der Waals surface area contributed by atoms with Crippen molar-refractivity contribution in [1.82, 2.24) is 10.6 Å². The highest BCUT2D eigenvalue weighted by molar-refractivity contribution is 5.81. The summed E-state index contributed by atoms with van der Waals surface area (Å²) in [5.74, 6) is 0.538. The van der Waals surface area contributed by atoms with Crippen LogP contribution < -0.4 is 10.6 Å². The molecule has 0 amide bonds. The molecule has 0 atom stereocenters. The van der Waals surface area contributed by atoms with E-state index in [4.69, 9.17) is 5.26 Å². The van der Waals surface area contributed by atoms with E-state index in [9.17, 15) is 0 Å². The monoisotopic (exact) mass is 258 g/mol. The fourth-order valence-corrected chi connectivity index (χ4v) is 1.50. The Balaban J connectivity index is 2.50. The second-order valence-corrected chi connectivity index (χ2v) is 5.62. The molecule has 2 N–H and O–H groups in total. The third-order valence-electron chi connectivity index (χ3n) is 2.60. The molecule has 0 unspecified atom stereocenters. The van der Waals surface area contributed by atoms with Gasteiger partial charge >= 0.3 is 0 Å². The zero-order chi connectivity index (χ0) is 14.1. The molecular formula is C15H22N4. The van der Waals surface area contributed by atoms with Gasteiger partial charge in [0.15, 0.2) is 6.19 Å². The Morgan fingerprint density at radius 1 is 1.26 bits per heavy atom. The average molecular weight is 258 g/mol. The van der Waals surface area contributed by atoms with Gasteiger partial charge in [0.2, 0.25) is 5.96 Å². The van der Waals surface area contributed by atoms with Crippen LogP contribution in [-0.2, 0) is 6.54 Å². The molecule has 0 aliphatic heterocycles. The number of nitrogens with one attached hydrogen (secondary N) is 2. The second-order valence-electron chi connectivity index (χ2n) is 5.62. The van der Waals surface area contributed by atoms with Gasteiger partial charge in [-0.1, -0.05) is 51.1 Å². The summed E-state index contributed by atoms with van der Waals surface area (Å²) < 4.78 is 0. The van der Waals surface area contributed by atoms with Gasteiger partial charge in [0.1, 0.15) is 0 Å². The third-order valence-corrected chi connectivity index (χ3v) is 2.60. The molecule has 0 fully saturated rings. The zero-order valence-corrected chi connectivity index (χ0v) is 11.9. The second kappa shape index (κ2) is 7.42. The van der Waals surface area contributed by atoms with Crippen molar-refractivity contribution in [2.75, 3.05) is 6.54 Å². The fourth-order valence-electron chi connectivity index (χ4n) is 1.50. The van der Waals surface area contributed by atoms with Gasteiger partial charge in [-0.15, -0.1) is 0 Å². The molecular weight excluding hydrogens is 236 g/mol. The van der Waals surface area contributed by atoms with Crippen LogP contribution in [0.4, 0.5) is 0 Å². The Labute approximate surface area is 115 Å². The summed E-state index contributed by atoms with van der Waals surface area (Å²) in [7, 11) is 0. The van der Waals surface area contributed by atoms with E-state index in [0.717, 1.165) is 18.5 Å². The summed E-state index contributed by atoms with van der Waals surface area (Å²) in [4.78, 5) is 4.38. The van der Waals surface area contributed by atoms with Crippen LogP contribution in [0.25, 0.3) is 0 Å². The lowest BCUT2D eigenvalue weighted by atomic mass is 9.92. The van der Waals surface area contributed by atoms with Crippen LogP contribution in [0, 0.1) is 16.9 Å². The first-order valence-electron chi connectivity index (χ1n) is 6.48. The molecule has 1 rings (SSSR count). The molecule has 1 aromatic carbocycles. The number of nitrogens with zero attached hydrogens (tertiary/aromatic N) is 2. The Morgan fingerprint density at radius 2 is 1.95 bits per heavy atom. The molecule has 0 aliphatic rings. The molecule has 0 radical (unpaired) electrons. The fraction of sp³-hybridized carbons (Fsp3) is 0.467. The maximum atomic E-state index is 8.71. The normalized spacial score (nSPS) is 11.8. The standard InChI is InChI=1S/C15H22N4/c1-15(2,3)9-10-17-14(19-12-16)18-11-13-7-5-4-6-8-13/h4-8H,9-11H2,1-3H3,(H2,17,18,19). The number of guanidine groups is 1. The number of aliphatic imine (C=N–C) groups is 1. The first-order valence-corrected chi connectivity index (χ1v) is 6.48. The van der Waals surface area contributed by atoms with Crippen molar-refractivity contribution in [3.63, 3.8) is 0 Å². The first kappa shape index (κ1) is 15.0. The summed E-state index contributed by atoms with van der Waals surface area (Å²) in [6.07, 6.45) is 2.93. The quantitative estimate of drug-likeness (QED) is 0.378. The van der Waals surface area contributed by atoms with E-state index in [1.165, 1.54) is 0 Å². The third kappa shape index (κ3) is 7.10. The molecule has 0 bridgehead atoms. The summed E-state index contributed by atoms with van der Waals surface area (Å²) in [5, 5.41) is 14.5. The SMILES string of the molecule is CC(C)(C)CCNC(=NCc1ccccc1)NC#N. The summed E-state index contributed by atoms with van der Waals surface area (Å²) in [5.41, 5.74) is 1.39. The number of nitriles is 1. The predicted octanol–water partition coefficient (Wildman–Crippen LogP) is 2.64. The smallest absolute Gasteiger partial charge is 0.205 e. The highest BCUT2D eigenvalue weighted by atomic mass is 15.2. The van der Waals surface area contributed by atoms with Gasteiger partial charge in [-0.2, -0.15) is 5.26 Å². The van der Waals surface area contributed by atoms with Crippen LogP contribution in [0.2, 0.25) is 0 Å². The molecule has 0 saturated heterocycles. The van der Waals surface area contributed by atoms with Crippen molar-refractivity contribution in [2.45, 2.75) is 33.7 Å². The van der Waals surface area contributed by atoms with Crippen LogP contribution in [0.3, 0.4) is 0 Å². The summed E-state index contributed by atoms with van der Waals surface area (Å²) in [6, 6.07) is 9.97. The van der Waals surface area contributed by atoms with Gasteiger partial charge in [-0.3, -0.25) is 5.32 Å². The molecule has 4 heteroatoms. The van der Waals surface area contributed by atoms with Crippen LogP contribution >= 0.6 is 0 Å². The molecule has 0 aromatic heterocycles. The number of rotatable bonds is 4. The molecule has 0 aliphatic carbocycles. The van der Waals surface area contributed by atoms with Gasteiger partial charge in [0.05, 0.1) is 6.54 Å². The van der Waals surface area contributed by atoms with E-state index < -0.39 is 0 Å². The predicted molar refractivity (Wildman–Crippen MR) is 78.4 cm³/mol. The van der Waals surface area contributed by atoms with Crippen molar-refractivity contribution >= 4 is 5.96 Å². The van der Waals surface area contributed by atoms with Crippen molar-refractivity contribution in [1.29, 1.82) is 5.26 Å². The summed E-state index contributed by atoms with van der Waals surface area (Å²) in [6.45, 7) is 7.92. The van der Waals surface area contributed by atoms with Crippen LogP contribution in [0.1, 0.15) is 32.8 Å². The number of hydrogen-bond donors (Lipinski definition) is 2. The van der Waals surface area contributed by atoms with Crippen molar-refractivity contribution in [2.24, 2.45) is 10.4 Å². The minimum Gasteiger partial charge on any atom is -0.356 e. The van der Waals surface area contributed by atoms with E-state index in [-0.39, 0.29) is 5.41 Å². The van der Waals surface area contributed by atoms with E-state index in [1.807, 2.05) is 36.5 Å². The van der Waals surface area contributed by atoms with E-state index in [0.29, 0.717) is 12.5 Å². The highest BCUT2D eigenvalue weighted by Crippen LogP contribution is 2.16. The first-order chi connectivity index (χ1) is 9.01. The minimum absolute atomic E-state index is 0.268. The van der Waals surface area contributed by atoms with Crippen LogP contribution in [0.5, 0.6) is 0 Å². The molecule has 4 nitrogen and oxygen atoms in total. The van der Waals surface area contributed by atoms with Gasteiger partial charge < -0.3 is 5.32 Å². The van der Waals surface area contributed by atoms with E-state index in [2.05, 4.69) is 36.4 Å². The lowest BCUT2D eigenvalue weighted by molar-refractivity contribution is 0.377. The lowest BCUT2D eigenvalue weighted by Gasteiger charge is -2.18. The van der Waals surface area contributed by atoms with E-state index >= 15 is 0 Å². The minimum atomic E-state index is 0.268. The molecule has 0 spiro atoms. The maximum Gasteiger partial charge on any atom is 0.205 e. The molecule has 19 heavy (non-hydrogen) atoms. The largest absolute Gasteiger partial charge is 0.356 e. The topological polar surface area (TPSA) is 60.2 Å². The van der Waals surface area contributed by atoms with Crippen LogP contribution in [0.15, 0.2) is 35.3 Å². The summed E-state index contributed by atoms with van der Waals surface area (Å²) >= 11 is 0. The molecule has 1 aromatic rings. The van der Waals surface area contributed by atoms with Crippen molar-refractivity contribution in [3.8, 4) is 6.19 Å². The van der Waals surface area contributed by atoms with Gasteiger partial charge in [0, 0.05) is 6.54 Å². The van der Waals surface area contributed by atoms with Crippen molar-refractivity contribution < 1.29 is 0 Å². The zero-order valence-electron chi connectivity index (χ0n) is 11.9. The number of hydrogen-bond acceptors (Lipinski definition) is 2. The van der Waals surface area contributed by atoms with E-state index in [1.54, 1.807) is 0 Å². The number of benzene rings is 1. The molecule has 0 saturated carbocycles. The highest BCUT2D eigenvalue weighted by Gasteiger charge is 2.09. The van der Waals surface area contributed by atoms with Gasteiger partial charge in [-0.25, -0.2) is 4.99 Å². The Kier molecular flexibility index (Phi) is 5.87. The Morgan fingerprint density at radius 3 is 2.53 bits per heavy atom. The lowest BCUT2D eigenvalue weighted by Crippen LogP contribution is -2.36. The Hall–Kier alpha value is -2.02.